The highest BCUT2D eigenvalue weighted by Gasteiger charge is 2.15. The number of nitrogens with one attached hydrogen (secondary N) is 1. The minimum Gasteiger partial charge on any atom is -0.478 e. The molecule has 21 heavy (non-hydrogen) atoms. The molecule has 0 aliphatic heterocycles. The highest BCUT2D eigenvalue weighted by atomic mass is 127. The summed E-state index contributed by atoms with van der Waals surface area (Å²) in [5.74, 6) is -1.17. The Morgan fingerprint density at radius 1 is 1.14 bits per heavy atom. The Hall–Kier alpha value is -0.500. The molecule has 2 N–H and O–H groups in total. The number of halogens is 3. The van der Waals surface area contributed by atoms with E-state index >= 15 is 0 Å². The highest BCUT2D eigenvalue weighted by Crippen LogP contribution is 2.23. The van der Waals surface area contributed by atoms with Gasteiger partial charge in [0.1, 0.15) is 5.82 Å². The van der Waals surface area contributed by atoms with E-state index in [1.165, 1.54) is 18.3 Å². The first-order valence-electron chi connectivity index (χ1n) is 5.53. The van der Waals surface area contributed by atoms with Crippen LogP contribution in [0.15, 0.2) is 30.5 Å². The number of aromatic carboxylic acids is 1. The van der Waals surface area contributed by atoms with Gasteiger partial charge in [0.2, 0.25) is 0 Å². The fourth-order valence-electron chi connectivity index (χ4n) is 1.54. The van der Waals surface area contributed by atoms with Crippen LogP contribution in [-0.2, 0) is 0 Å². The Morgan fingerprint density at radius 3 is 2.52 bits per heavy atom. The van der Waals surface area contributed by atoms with Gasteiger partial charge in [-0.3, -0.25) is 4.79 Å². The van der Waals surface area contributed by atoms with Gasteiger partial charge in [-0.15, -0.1) is 0 Å². The number of carboxylic acids is 1. The molecule has 0 aliphatic carbocycles. The van der Waals surface area contributed by atoms with Crippen LogP contribution in [0.3, 0.4) is 0 Å². The van der Waals surface area contributed by atoms with Crippen molar-refractivity contribution in [3.05, 3.63) is 52.3 Å². The number of amides is 1. The summed E-state index contributed by atoms with van der Waals surface area (Å²) < 4.78 is 2.79. The average Bonchev–Trinajstić information content (AvgIpc) is 2.43. The number of benzene rings is 1. The van der Waals surface area contributed by atoms with E-state index in [-0.39, 0.29) is 17.3 Å². The van der Waals surface area contributed by atoms with E-state index in [9.17, 15) is 9.59 Å². The molecule has 0 saturated heterocycles. The van der Waals surface area contributed by atoms with Crippen molar-refractivity contribution < 1.29 is 14.7 Å². The molecule has 0 fully saturated rings. The van der Waals surface area contributed by atoms with Crippen molar-refractivity contribution in [3.8, 4) is 0 Å². The maximum Gasteiger partial charge on any atom is 0.335 e. The fourth-order valence-corrected chi connectivity index (χ4v) is 3.94. The third-order valence-electron chi connectivity index (χ3n) is 2.49. The minimum atomic E-state index is -1.06. The Morgan fingerprint density at radius 2 is 1.86 bits per heavy atom. The number of rotatable bonds is 3. The lowest BCUT2D eigenvalue weighted by Crippen LogP contribution is -2.15. The standard InChI is InChI=1S/C13H7I3N2O3/c14-7-4-8(11(16)9(15)5-7)12(19)18-10-3-6(13(20)21)1-2-17-10/h1-5H,(H,20,21)(H,17,18,19). The maximum atomic E-state index is 12.3. The van der Waals surface area contributed by atoms with Crippen LogP contribution in [0.1, 0.15) is 20.7 Å². The van der Waals surface area contributed by atoms with Gasteiger partial charge in [-0.2, -0.15) is 0 Å². The topological polar surface area (TPSA) is 79.3 Å². The number of carbonyl (C=O) groups excluding carboxylic acids is 1. The molecule has 0 aliphatic rings. The van der Waals surface area contributed by atoms with Crippen LogP contribution < -0.4 is 5.32 Å². The quantitative estimate of drug-likeness (QED) is 0.404. The second kappa shape index (κ2) is 7.17. The van der Waals surface area contributed by atoms with Gasteiger partial charge in [0.25, 0.3) is 5.91 Å². The number of anilines is 1. The molecule has 0 spiro atoms. The van der Waals surface area contributed by atoms with E-state index in [1.54, 1.807) is 6.07 Å². The van der Waals surface area contributed by atoms with Gasteiger partial charge in [-0.05, 0) is 92.0 Å². The first-order valence-corrected chi connectivity index (χ1v) is 8.77. The largest absolute Gasteiger partial charge is 0.478 e. The molecule has 0 atom stereocenters. The number of aromatic nitrogens is 1. The van der Waals surface area contributed by atoms with Crippen molar-refractivity contribution in [1.82, 2.24) is 4.98 Å². The van der Waals surface area contributed by atoms with E-state index in [4.69, 9.17) is 5.11 Å². The normalized spacial score (nSPS) is 10.2. The Bertz CT molecular complexity index is 735. The number of pyridine rings is 1. The van der Waals surface area contributed by atoms with Crippen molar-refractivity contribution in [3.63, 3.8) is 0 Å². The summed E-state index contributed by atoms with van der Waals surface area (Å²) in [5.41, 5.74) is 0.613. The molecule has 0 saturated carbocycles. The number of carbonyl (C=O) groups is 2. The molecule has 1 aromatic carbocycles. The van der Waals surface area contributed by atoms with Crippen LogP contribution in [-0.4, -0.2) is 22.0 Å². The predicted octanol–water partition coefficient (Wildman–Crippen LogP) is 3.85. The molecule has 1 amide bonds. The molecular formula is C13H7I3N2O3. The molecule has 8 heteroatoms. The van der Waals surface area contributed by atoms with Crippen molar-refractivity contribution >= 4 is 85.5 Å². The molecule has 2 rings (SSSR count). The van der Waals surface area contributed by atoms with Gasteiger partial charge in [-0.1, -0.05) is 0 Å². The molecule has 0 unspecified atom stereocenters. The van der Waals surface area contributed by atoms with Crippen LogP contribution in [0.25, 0.3) is 0 Å². The number of carboxylic acid groups (broad SMARTS) is 1. The highest BCUT2D eigenvalue weighted by molar-refractivity contribution is 14.1. The molecule has 1 aromatic heterocycles. The molecule has 0 bridgehead atoms. The van der Waals surface area contributed by atoms with E-state index in [0.717, 1.165) is 10.7 Å². The molecule has 108 valence electrons. The molecule has 0 radical (unpaired) electrons. The number of hydrogen-bond donors (Lipinski definition) is 2. The first kappa shape index (κ1) is 16.9. The lowest BCUT2D eigenvalue weighted by atomic mass is 10.2. The third-order valence-corrected chi connectivity index (χ3v) is 6.15. The zero-order valence-electron chi connectivity index (χ0n) is 10.2. The Labute approximate surface area is 161 Å². The van der Waals surface area contributed by atoms with Crippen molar-refractivity contribution in [1.29, 1.82) is 0 Å². The van der Waals surface area contributed by atoms with Crippen LogP contribution in [0, 0.1) is 10.7 Å². The van der Waals surface area contributed by atoms with E-state index < -0.39 is 5.97 Å². The monoisotopic (exact) mass is 620 g/mol. The van der Waals surface area contributed by atoms with Gasteiger partial charge in [0.05, 0.1) is 11.1 Å². The smallest absolute Gasteiger partial charge is 0.335 e. The van der Waals surface area contributed by atoms with Crippen molar-refractivity contribution in [2.45, 2.75) is 0 Å². The van der Waals surface area contributed by atoms with Crippen molar-refractivity contribution in [2.75, 3.05) is 5.32 Å². The average molecular weight is 620 g/mol. The van der Waals surface area contributed by atoms with Gasteiger partial charge in [0.15, 0.2) is 0 Å². The second-order valence-electron chi connectivity index (χ2n) is 3.94. The second-order valence-corrected chi connectivity index (χ2v) is 7.42. The number of nitrogens with zero attached hydrogens (tertiary/aromatic N) is 1. The third kappa shape index (κ3) is 4.25. The maximum absolute atomic E-state index is 12.3. The van der Waals surface area contributed by atoms with E-state index in [2.05, 4.69) is 78.1 Å². The Balaban J connectivity index is 2.30. The lowest BCUT2D eigenvalue weighted by molar-refractivity contribution is 0.0696. The summed E-state index contributed by atoms with van der Waals surface area (Å²) in [4.78, 5) is 27.2. The molecular weight excluding hydrogens is 613 g/mol. The molecule has 1 heterocycles. The summed E-state index contributed by atoms with van der Waals surface area (Å²) in [6, 6.07) is 6.45. The predicted molar refractivity (Wildman–Crippen MR) is 104 cm³/mol. The van der Waals surface area contributed by atoms with Gasteiger partial charge in [0, 0.05) is 16.9 Å². The number of hydrogen-bond acceptors (Lipinski definition) is 3. The van der Waals surface area contributed by atoms with Crippen LogP contribution in [0.2, 0.25) is 0 Å². The summed E-state index contributed by atoms with van der Waals surface area (Å²) in [6.07, 6.45) is 1.35. The van der Waals surface area contributed by atoms with Gasteiger partial charge in [-0.25, -0.2) is 9.78 Å². The minimum absolute atomic E-state index is 0.0761. The van der Waals surface area contributed by atoms with E-state index in [1.807, 2.05) is 6.07 Å². The van der Waals surface area contributed by atoms with Crippen molar-refractivity contribution in [2.24, 2.45) is 0 Å². The zero-order valence-corrected chi connectivity index (χ0v) is 16.7. The zero-order chi connectivity index (χ0) is 15.6. The lowest BCUT2D eigenvalue weighted by Gasteiger charge is -2.09. The summed E-state index contributed by atoms with van der Waals surface area (Å²) in [5, 5.41) is 11.6. The molecule has 2 aromatic rings. The Kier molecular flexibility index (Phi) is 5.76. The van der Waals surface area contributed by atoms with Crippen LogP contribution in [0.4, 0.5) is 5.82 Å². The summed E-state index contributed by atoms with van der Waals surface area (Å²) in [6.45, 7) is 0. The summed E-state index contributed by atoms with van der Waals surface area (Å²) in [7, 11) is 0. The van der Waals surface area contributed by atoms with Crippen LogP contribution >= 0.6 is 67.8 Å². The first-order chi connectivity index (χ1) is 9.88. The van der Waals surface area contributed by atoms with Crippen LogP contribution in [0.5, 0.6) is 0 Å². The van der Waals surface area contributed by atoms with Gasteiger partial charge >= 0.3 is 5.97 Å². The SMILES string of the molecule is O=C(O)c1ccnc(NC(=O)c2cc(I)cc(I)c2I)c1. The summed E-state index contributed by atoms with van der Waals surface area (Å²) >= 11 is 6.42. The van der Waals surface area contributed by atoms with Gasteiger partial charge < -0.3 is 10.4 Å². The van der Waals surface area contributed by atoms with E-state index in [0.29, 0.717) is 5.56 Å². The molecule has 5 nitrogen and oxygen atoms in total. The fraction of sp³-hybridized carbons (Fsp3) is 0.